The van der Waals surface area contributed by atoms with E-state index in [1.165, 1.54) is 0 Å². The highest BCUT2D eigenvalue weighted by atomic mass is 32.2. The molecule has 0 bridgehead atoms. The molecule has 8 heteroatoms. The van der Waals surface area contributed by atoms with Gasteiger partial charge in [0.15, 0.2) is 5.82 Å². The summed E-state index contributed by atoms with van der Waals surface area (Å²) in [6.07, 6.45) is 5.18. The minimum absolute atomic E-state index is 0.391. The summed E-state index contributed by atoms with van der Waals surface area (Å²) in [4.78, 5) is 16.5. The molecule has 0 radical (unpaired) electrons. The minimum atomic E-state index is -0.957. The quantitative estimate of drug-likeness (QED) is 0.706. The van der Waals surface area contributed by atoms with E-state index in [0.29, 0.717) is 13.3 Å². The van der Waals surface area contributed by atoms with Crippen LogP contribution in [0, 0.1) is 6.92 Å². The Morgan fingerprint density at radius 1 is 1.18 bits per heavy atom. The number of fused-ring (bicyclic) bond motifs is 2. The molecule has 3 aromatic rings. The number of rotatable bonds is 5. The summed E-state index contributed by atoms with van der Waals surface area (Å²) < 4.78 is 7.42. The van der Waals surface area contributed by atoms with Crippen molar-refractivity contribution in [1.29, 1.82) is 0 Å². The lowest BCUT2D eigenvalue weighted by molar-refractivity contribution is 0.0694. The number of aliphatic hydroxyl groups is 1. The standard InChI is InChI=1S/C20H23N5O2S/c1-13-17(20(2,3)26)24(11-23-13)10-14-5-6-16-15(9-14)25(12-27-4)18-19(28-16)22-8-7-21-18/h5-9,11,26H,10,12H2,1-4H3. The molecule has 1 aliphatic rings. The molecule has 0 spiro atoms. The largest absolute Gasteiger partial charge is 0.384 e. The van der Waals surface area contributed by atoms with Crippen LogP contribution in [-0.4, -0.2) is 38.5 Å². The Balaban J connectivity index is 1.72. The Hall–Kier alpha value is -2.42. The van der Waals surface area contributed by atoms with Gasteiger partial charge in [0.05, 0.1) is 23.4 Å². The second kappa shape index (κ2) is 7.20. The Morgan fingerprint density at radius 2 is 1.96 bits per heavy atom. The maximum Gasteiger partial charge on any atom is 0.168 e. The van der Waals surface area contributed by atoms with Crippen LogP contribution in [0.25, 0.3) is 0 Å². The van der Waals surface area contributed by atoms with Crippen molar-refractivity contribution in [2.75, 3.05) is 18.7 Å². The normalized spacial score (nSPS) is 13.4. The van der Waals surface area contributed by atoms with Crippen LogP contribution in [0.1, 0.15) is 30.8 Å². The lowest BCUT2D eigenvalue weighted by Crippen LogP contribution is -2.25. The van der Waals surface area contributed by atoms with Gasteiger partial charge in [0, 0.05) is 30.9 Å². The van der Waals surface area contributed by atoms with Gasteiger partial charge in [0.1, 0.15) is 17.4 Å². The molecule has 0 saturated carbocycles. The lowest BCUT2D eigenvalue weighted by Gasteiger charge is -2.30. The number of aryl methyl sites for hydroxylation is 1. The number of hydrogen-bond acceptors (Lipinski definition) is 7. The molecule has 0 saturated heterocycles. The van der Waals surface area contributed by atoms with E-state index < -0.39 is 5.60 Å². The number of hydrogen-bond donors (Lipinski definition) is 1. The number of methoxy groups -OCH3 is 1. The van der Waals surface area contributed by atoms with Gasteiger partial charge >= 0.3 is 0 Å². The Morgan fingerprint density at radius 3 is 2.71 bits per heavy atom. The van der Waals surface area contributed by atoms with Gasteiger partial charge in [-0.3, -0.25) is 4.90 Å². The summed E-state index contributed by atoms with van der Waals surface area (Å²) in [6.45, 7) is 6.50. The van der Waals surface area contributed by atoms with Crippen LogP contribution in [0.5, 0.6) is 0 Å². The van der Waals surface area contributed by atoms with Gasteiger partial charge in [-0.2, -0.15) is 0 Å². The fraction of sp³-hybridized carbons (Fsp3) is 0.350. The highest BCUT2D eigenvalue weighted by molar-refractivity contribution is 7.99. The molecule has 0 atom stereocenters. The van der Waals surface area contributed by atoms with E-state index in [0.717, 1.165) is 38.4 Å². The summed E-state index contributed by atoms with van der Waals surface area (Å²) >= 11 is 1.61. The van der Waals surface area contributed by atoms with Crippen molar-refractivity contribution in [2.45, 2.75) is 42.8 Å². The SMILES string of the molecule is COCN1c2cc(Cn3cnc(C)c3C(C)(C)O)ccc2Sc2nccnc21. The predicted molar refractivity (Wildman–Crippen MR) is 108 cm³/mol. The number of benzene rings is 1. The monoisotopic (exact) mass is 397 g/mol. The van der Waals surface area contributed by atoms with Crippen LogP contribution >= 0.6 is 11.8 Å². The lowest BCUT2D eigenvalue weighted by atomic mass is 10.0. The van der Waals surface area contributed by atoms with Crippen LogP contribution in [-0.2, 0) is 16.9 Å². The number of nitrogens with zero attached hydrogens (tertiary/aromatic N) is 5. The molecule has 0 unspecified atom stereocenters. The molecule has 1 N–H and O–H groups in total. The third-order valence-electron chi connectivity index (χ3n) is 4.63. The second-order valence-corrected chi connectivity index (χ2v) is 8.33. The predicted octanol–water partition coefficient (Wildman–Crippen LogP) is 3.46. The third kappa shape index (κ3) is 3.39. The van der Waals surface area contributed by atoms with E-state index in [9.17, 15) is 5.11 Å². The molecule has 4 rings (SSSR count). The molecule has 0 amide bonds. The molecule has 0 fully saturated rings. The average molecular weight is 398 g/mol. The first-order chi connectivity index (χ1) is 13.4. The first-order valence-electron chi connectivity index (χ1n) is 9.01. The van der Waals surface area contributed by atoms with E-state index in [1.54, 1.807) is 51.4 Å². The zero-order valence-electron chi connectivity index (χ0n) is 16.4. The number of imidazole rings is 1. The van der Waals surface area contributed by atoms with E-state index >= 15 is 0 Å². The van der Waals surface area contributed by atoms with Gasteiger partial charge in [-0.05, 0) is 38.5 Å². The van der Waals surface area contributed by atoms with Crippen molar-refractivity contribution in [3.8, 4) is 0 Å². The van der Waals surface area contributed by atoms with Crippen LogP contribution in [0.3, 0.4) is 0 Å². The second-order valence-electron chi connectivity index (χ2n) is 7.30. The zero-order chi connectivity index (χ0) is 19.9. The summed E-state index contributed by atoms with van der Waals surface area (Å²) in [6, 6.07) is 6.34. The van der Waals surface area contributed by atoms with Gasteiger partial charge in [0.25, 0.3) is 0 Å². The molecule has 7 nitrogen and oxygen atoms in total. The van der Waals surface area contributed by atoms with Gasteiger partial charge in [0.2, 0.25) is 0 Å². The number of aromatic nitrogens is 4. The maximum atomic E-state index is 10.5. The van der Waals surface area contributed by atoms with Crippen molar-refractivity contribution in [1.82, 2.24) is 19.5 Å². The van der Waals surface area contributed by atoms with Gasteiger partial charge in [-0.25, -0.2) is 15.0 Å². The Labute approximate surface area is 168 Å². The molecule has 28 heavy (non-hydrogen) atoms. The Bertz CT molecular complexity index is 1010. The van der Waals surface area contributed by atoms with Gasteiger partial charge in [-0.1, -0.05) is 17.8 Å². The molecule has 0 aliphatic carbocycles. The first kappa shape index (κ1) is 18.9. The molecule has 1 aliphatic heterocycles. The summed E-state index contributed by atoms with van der Waals surface area (Å²) in [7, 11) is 1.67. The van der Waals surface area contributed by atoms with E-state index in [-0.39, 0.29) is 0 Å². The molecule has 146 valence electrons. The van der Waals surface area contributed by atoms with Gasteiger partial charge in [-0.15, -0.1) is 0 Å². The van der Waals surface area contributed by atoms with Gasteiger partial charge < -0.3 is 14.4 Å². The third-order valence-corrected chi connectivity index (χ3v) is 5.68. The van der Waals surface area contributed by atoms with E-state index in [4.69, 9.17) is 4.74 Å². The molecular weight excluding hydrogens is 374 g/mol. The summed E-state index contributed by atoms with van der Waals surface area (Å²) in [5.41, 5.74) is 2.85. The number of ether oxygens (including phenoxy) is 1. The van der Waals surface area contributed by atoms with Crippen molar-refractivity contribution >= 4 is 23.3 Å². The van der Waals surface area contributed by atoms with Crippen molar-refractivity contribution in [2.24, 2.45) is 0 Å². The van der Waals surface area contributed by atoms with Crippen LogP contribution in [0.4, 0.5) is 11.5 Å². The molecular formula is C20H23N5O2S. The molecule has 3 heterocycles. The van der Waals surface area contributed by atoms with Crippen molar-refractivity contribution in [3.05, 3.63) is 53.9 Å². The van der Waals surface area contributed by atoms with E-state index in [2.05, 4.69) is 33.2 Å². The molecule has 1 aromatic carbocycles. The van der Waals surface area contributed by atoms with Crippen LogP contribution in [0.15, 0.2) is 46.8 Å². The Kier molecular flexibility index (Phi) is 4.86. The maximum absolute atomic E-state index is 10.5. The topological polar surface area (TPSA) is 76.3 Å². The average Bonchev–Trinajstić information content (AvgIpc) is 3.02. The van der Waals surface area contributed by atoms with Crippen molar-refractivity contribution in [3.63, 3.8) is 0 Å². The number of anilines is 2. The van der Waals surface area contributed by atoms with Crippen LogP contribution in [0.2, 0.25) is 0 Å². The van der Waals surface area contributed by atoms with Crippen molar-refractivity contribution < 1.29 is 9.84 Å². The summed E-state index contributed by atoms with van der Waals surface area (Å²) in [5, 5.41) is 11.4. The fourth-order valence-electron chi connectivity index (χ4n) is 3.61. The van der Waals surface area contributed by atoms with E-state index in [1.807, 2.05) is 16.4 Å². The molecule has 2 aromatic heterocycles. The minimum Gasteiger partial charge on any atom is -0.384 e. The zero-order valence-corrected chi connectivity index (χ0v) is 17.2. The highest BCUT2D eigenvalue weighted by Gasteiger charge is 2.27. The fourth-order valence-corrected chi connectivity index (χ4v) is 4.59. The smallest absolute Gasteiger partial charge is 0.168 e. The van der Waals surface area contributed by atoms with Crippen LogP contribution < -0.4 is 4.90 Å². The highest BCUT2D eigenvalue weighted by Crippen LogP contribution is 2.46. The first-order valence-corrected chi connectivity index (χ1v) is 9.83. The summed E-state index contributed by atoms with van der Waals surface area (Å²) in [5.74, 6) is 0.801.